The number of piperidine rings is 1. The molecule has 0 radical (unpaired) electrons. The van der Waals surface area contributed by atoms with Crippen LogP contribution in [0.25, 0.3) is 0 Å². The van der Waals surface area contributed by atoms with E-state index in [4.69, 9.17) is 9.47 Å². The zero-order chi connectivity index (χ0) is 65.3. The van der Waals surface area contributed by atoms with Crippen LogP contribution in [0.4, 0.5) is 5.69 Å². The van der Waals surface area contributed by atoms with E-state index in [-0.39, 0.29) is 97.4 Å². The van der Waals surface area contributed by atoms with Crippen LogP contribution in [0.5, 0.6) is 5.75 Å². The Morgan fingerprint density at radius 3 is 2.51 bits per heavy atom. The quantitative estimate of drug-likeness (QED) is 0.0573. The number of aliphatic hydroxyl groups excluding tert-OH is 5. The highest BCUT2D eigenvalue weighted by Crippen LogP contribution is 2.82. The Kier molecular flexibility index (Phi) is 15.0. The summed E-state index contributed by atoms with van der Waals surface area (Å²) in [4.78, 5) is 35.7. The lowest BCUT2D eigenvalue weighted by molar-refractivity contribution is -0.309. The normalized spacial score (nSPS) is 51.8. The number of ketones is 1. The summed E-state index contributed by atoms with van der Waals surface area (Å²) < 4.78 is 13.1. The molecule has 10 fully saturated rings. The lowest BCUT2D eigenvalue weighted by Crippen LogP contribution is -2.79. The maximum atomic E-state index is 17.2. The fourth-order valence-electron chi connectivity index (χ4n) is 27.2. The number of phenolic OH excluding ortho intramolecular Hbond substituents is 1. The smallest absolute Gasteiger partial charge is 0.234 e. The molecule has 510 valence electrons. The van der Waals surface area contributed by atoms with Crippen LogP contribution < -0.4 is 10.2 Å². The summed E-state index contributed by atoms with van der Waals surface area (Å²) in [6, 6.07) is 5.30. The SMILES string of the molecule is CC(C)C(C)C1OC1C1(O)CC=CC2CC3C4=CC(=O)C5(CC(O)C(O)(CO)C6(CCCC6)C35C)C(O)SSCC3CCCC(CO)C35C(=O)N(CC53CC5C#CCC6CCC7(C6)NC(CC6C=C8C=CCOC8CC67)C5C3O)c3cc(O)cc(c3)CCC23C1CCC43O. The van der Waals surface area contributed by atoms with E-state index in [2.05, 4.69) is 68.3 Å². The van der Waals surface area contributed by atoms with Crippen molar-refractivity contribution in [2.45, 2.75) is 227 Å². The lowest BCUT2D eigenvalue weighted by Gasteiger charge is -2.74. The van der Waals surface area contributed by atoms with Crippen LogP contribution in [0.1, 0.15) is 162 Å². The second kappa shape index (κ2) is 22.0. The van der Waals surface area contributed by atoms with Crippen LogP contribution in [0.2, 0.25) is 0 Å². The molecule has 10 aliphatic carbocycles. The van der Waals surface area contributed by atoms with Gasteiger partial charge in [-0.25, -0.2) is 0 Å². The van der Waals surface area contributed by atoms with Crippen molar-refractivity contribution >= 4 is 39.0 Å². The second-order valence-corrected chi connectivity index (χ2v) is 36.9. The van der Waals surface area contributed by atoms with E-state index in [0.717, 1.165) is 44.1 Å². The monoisotopic (exact) mass is 1330 g/mol. The van der Waals surface area contributed by atoms with Gasteiger partial charge in [0.1, 0.15) is 28.5 Å². The summed E-state index contributed by atoms with van der Waals surface area (Å²) in [7, 11) is 2.57. The molecule has 17 heteroatoms. The average Bonchev–Trinajstić information content (AvgIpc) is 1.11. The minimum Gasteiger partial charge on any atom is -0.508 e. The Bertz CT molecular complexity index is 3490. The highest BCUT2D eigenvalue weighted by Gasteiger charge is 2.84. The summed E-state index contributed by atoms with van der Waals surface area (Å²) in [6.07, 6.45) is 20.9. The Labute approximate surface area is 562 Å². The van der Waals surface area contributed by atoms with Crippen molar-refractivity contribution in [1.29, 1.82) is 0 Å². The van der Waals surface area contributed by atoms with Gasteiger partial charge in [-0.05, 0) is 203 Å². The van der Waals surface area contributed by atoms with Crippen LogP contribution in [-0.2, 0) is 25.5 Å². The van der Waals surface area contributed by atoms with Crippen LogP contribution in [0.3, 0.4) is 0 Å². The number of anilines is 1. The summed E-state index contributed by atoms with van der Waals surface area (Å²) >= 11 is 0. The molecule has 6 spiro atoms. The fourth-order valence-corrected chi connectivity index (χ4v) is 30.3. The first kappa shape index (κ1) is 64.3. The largest absolute Gasteiger partial charge is 0.508 e. The summed E-state index contributed by atoms with van der Waals surface area (Å²) in [5.74, 6) is 5.36. The van der Waals surface area contributed by atoms with Crippen LogP contribution in [0.15, 0.2) is 65.8 Å². The van der Waals surface area contributed by atoms with Crippen LogP contribution >= 0.6 is 21.6 Å². The van der Waals surface area contributed by atoms with Crippen LogP contribution in [-0.4, -0.2) is 154 Å². The molecule has 19 rings (SSSR count). The van der Waals surface area contributed by atoms with Gasteiger partial charge < -0.3 is 65.6 Å². The molecule has 94 heavy (non-hydrogen) atoms. The van der Waals surface area contributed by atoms with Gasteiger partial charge in [0, 0.05) is 82.7 Å². The van der Waals surface area contributed by atoms with E-state index in [1.165, 1.54) is 27.2 Å². The van der Waals surface area contributed by atoms with Gasteiger partial charge in [-0.1, -0.05) is 105 Å². The molecule has 27 unspecified atom stereocenters. The lowest BCUT2D eigenvalue weighted by atomic mass is 9.31. The van der Waals surface area contributed by atoms with Crippen molar-refractivity contribution in [1.82, 2.24) is 5.32 Å². The maximum absolute atomic E-state index is 17.2. The summed E-state index contributed by atoms with van der Waals surface area (Å²) in [5.41, 5.74) is -12.0. The van der Waals surface area contributed by atoms with Crippen LogP contribution in [0, 0.1) is 115 Å². The van der Waals surface area contributed by atoms with E-state index in [9.17, 15) is 46.0 Å². The molecule has 10 N–H and O–H groups in total. The topological polar surface area (TPSA) is 253 Å². The molecule has 1 amide bonds. The zero-order valence-corrected chi connectivity index (χ0v) is 57.1. The molecule has 15 nitrogen and oxygen atoms in total. The van der Waals surface area contributed by atoms with Gasteiger partial charge in [0.2, 0.25) is 5.91 Å². The first-order chi connectivity index (χ1) is 45.0. The van der Waals surface area contributed by atoms with Crippen molar-refractivity contribution in [3.63, 3.8) is 0 Å². The number of ether oxygens (including phenoxy) is 2. The molecule has 0 aromatic heterocycles. The minimum atomic E-state index is -2.07. The number of aryl methyl sites for hydroxylation is 1. The summed E-state index contributed by atoms with van der Waals surface area (Å²) in [6.45, 7) is 8.22. The molecular weight excluding hydrogens is 1220 g/mol. The van der Waals surface area contributed by atoms with E-state index >= 15 is 9.59 Å². The standard InChI is InChI=1S/C77H102N2O13S2/c1-42(2)43(3)63-65(92-63)74(88)22-9-16-49-31-55-56-34-60(83)73(37-61(84)76(90,41-81)71(68(55,73)4)20-5-6-21-71)67(87)94-93-39-51-15-8-14-50(38-80)77(51)66(86)79(52-27-45(28-53(82)32-52)18-24-72(49)59(74)19-25-75(56,72)89)40-69(77)36-47-12-7-11-44-17-23-70(35-44)54-33-58-46(13-10-26-91-58)29-48(54)30-57(78-70)62(47)64(69)85/h9-10,13,16,27-29,32,34,42-44,47-51,54-55,57-59,61-65,67,78,80-82,84-85,87-90H,5-6,8,11,14-15,17-26,30-31,33,35-41H2,1-4H3. The molecule has 8 heterocycles. The number of hydrogen-bond acceptors (Lipinski definition) is 16. The molecule has 1 aromatic rings. The van der Waals surface area contributed by atoms with Gasteiger partial charge in [-0.2, -0.15) is 0 Å². The first-order valence-electron chi connectivity index (χ1n) is 36.7. The number of hydrogen-bond donors (Lipinski definition) is 10. The van der Waals surface area contributed by atoms with Gasteiger partial charge in [-0.3, -0.25) is 9.59 Å². The molecule has 18 aliphatic rings. The Morgan fingerprint density at radius 2 is 1.72 bits per heavy atom. The van der Waals surface area contributed by atoms with Crippen molar-refractivity contribution in [2.24, 2.45) is 104 Å². The molecule has 1 aromatic carbocycles. The maximum Gasteiger partial charge on any atom is 0.234 e. The highest BCUT2D eigenvalue weighted by molar-refractivity contribution is 8.76. The average molecular weight is 1330 g/mol. The number of allylic oxidation sites excluding steroid dienone is 3. The third-order valence-corrected chi connectivity index (χ3v) is 34.1. The number of amides is 1. The van der Waals surface area contributed by atoms with Gasteiger partial charge in [-0.15, -0.1) is 5.92 Å². The molecule has 8 aliphatic heterocycles. The predicted molar refractivity (Wildman–Crippen MR) is 358 cm³/mol. The van der Waals surface area contributed by atoms with Gasteiger partial charge in [0.05, 0.1) is 54.1 Å². The fraction of sp³-hybridized carbons (Fsp3) is 0.766. The number of carbonyl (C=O) groups is 2. The third-order valence-electron chi connectivity index (χ3n) is 31.5. The van der Waals surface area contributed by atoms with Crippen molar-refractivity contribution in [3.8, 4) is 17.6 Å². The van der Waals surface area contributed by atoms with E-state index in [0.29, 0.717) is 113 Å². The first-order valence-corrected chi connectivity index (χ1v) is 39.1. The van der Waals surface area contributed by atoms with Gasteiger partial charge in [0.25, 0.3) is 0 Å². The molecule has 27 atom stereocenters. The Morgan fingerprint density at radius 1 is 0.904 bits per heavy atom. The van der Waals surface area contributed by atoms with Crippen molar-refractivity contribution in [2.75, 3.05) is 37.0 Å². The summed E-state index contributed by atoms with van der Waals surface area (Å²) in [5, 5.41) is 124. The molecule has 11 bridgehead atoms. The molecular formula is C77H102N2O13S2. The van der Waals surface area contributed by atoms with Gasteiger partial charge >= 0.3 is 0 Å². The van der Waals surface area contributed by atoms with E-state index < -0.39 is 115 Å². The number of epoxide rings is 1. The Balaban J connectivity index is 0.845. The number of benzene rings is 1. The highest BCUT2D eigenvalue weighted by atomic mass is 33.1. The minimum absolute atomic E-state index is 0.0347. The number of phenols is 1. The number of aliphatic hydroxyl groups is 8. The van der Waals surface area contributed by atoms with Gasteiger partial charge in [0.15, 0.2) is 5.78 Å². The second-order valence-electron chi connectivity index (χ2n) is 34.4. The van der Waals surface area contributed by atoms with E-state index in [1.807, 2.05) is 17.9 Å². The number of nitrogens with zero attached hydrogens (tertiary/aromatic N) is 1. The van der Waals surface area contributed by atoms with Crippen molar-refractivity contribution in [3.05, 3.63) is 71.4 Å². The predicted octanol–water partition coefficient (Wildman–Crippen LogP) is 8.65. The molecule has 3 saturated heterocycles. The number of aromatic hydroxyl groups is 1. The number of rotatable bonds is 5. The van der Waals surface area contributed by atoms with Crippen molar-refractivity contribution < 1.29 is 65.0 Å². The number of nitrogens with one attached hydrogen (secondary N) is 1. The van der Waals surface area contributed by atoms with E-state index in [1.54, 1.807) is 18.2 Å². The third kappa shape index (κ3) is 8.02. The Hall–Kier alpha value is -3.06. The molecule has 7 saturated carbocycles. The number of fused-ring (bicyclic) bond motifs is 7. The number of carbonyl (C=O) groups excluding carboxylic acids is 2. The zero-order valence-electron chi connectivity index (χ0n) is 55.5.